The van der Waals surface area contributed by atoms with Gasteiger partial charge in [0, 0.05) is 0 Å². The van der Waals surface area contributed by atoms with Crippen molar-refractivity contribution in [2.45, 2.75) is 33.3 Å². The van der Waals surface area contributed by atoms with Crippen molar-refractivity contribution in [1.82, 2.24) is 0 Å². The van der Waals surface area contributed by atoms with E-state index in [4.69, 9.17) is 15.3 Å². The molecule has 11 heavy (non-hydrogen) atoms. The Kier molecular flexibility index (Phi) is 7.62. The van der Waals surface area contributed by atoms with Crippen molar-refractivity contribution < 1.29 is 15.3 Å². The number of epoxide rings is 1. The van der Waals surface area contributed by atoms with Crippen molar-refractivity contribution in [3.8, 4) is 0 Å². The SMILES string of the molecule is C=C(C)C.CC1(C)CO1.OO. The molecule has 0 aromatic rings. The average molecular weight is 162 g/mol. The molecule has 0 bridgehead atoms. The van der Waals surface area contributed by atoms with E-state index >= 15 is 0 Å². The summed E-state index contributed by atoms with van der Waals surface area (Å²) in [6.45, 7) is 12.6. The van der Waals surface area contributed by atoms with Crippen LogP contribution in [0.3, 0.4) is 0 Å². The normalized spacial score (nSPS) is 16.5. The molecule has 68 valence electrons. The van der Waals surface area contributed by atoms with Gasteiger partial charge in [-0.3, -0.25) is 10.5 Å². The molecule has 0 amide bonds. The van der Waals surface area contributed by atoms with Gasteiger partial charge >= 0.3 is 0 Å². The van der Waals surface area contributed by atoms with Crippen LogP contribution in [-0.4, -0.2) is 22.7 Å². The Hall–Kier alpha value is -0.380. The van der Waals surface area contributed by atoms with E-state index in [1.807, 2.05) is 13.8 Å². The van der Waals surface area contributed by atoms with Crippen LogP contribution >= 0.6 is 0 Å². The van der Waals surface area contributed by atoms with Crippen LogP contribution in [-0.2, 0) is 4.74 Å². The van der Waals surface area contributed by atoms with Gasteiger partial charge in [0.05, 0.1) is 12.2 Å². The van der Waals surface area contributed by atoms with Gasteiger partial charge in [-0.2, -0.15) is 0 Å². The first-order chi connectivity index (χ1) is 4.94. The molecule has 0 aromatic carbocycles. The molecule has 0 spiro atoms. The van der Waals surface area contributed by atoms with Crippen molar-refractivity contribution in [3.63, 3.8) is 0 Å². The lowest BCUT2D eigenvalue weighted by Gasteiger charge is -1.81. The molecular weight excluding hydrogens is 144 g/mol. The van der Waals surface area contributed by atoms with Gasteiger partial charge in [0.1, 0.15) is 0 Å². The highest BCUT2D eigenvalue weighted by Gasteiger charge is 2.32. The van der Waals surface area contributed by atoms with E-state index in [-0.39, 0.29) is 5.60 Å². The molecule has 3 heteroatoms. The summed E-state index contributed by atoms with van der Waals surface area (Å²) in [5, 5.41) is 12.0. The lowest BCUT2D eigenvalue weighted by atomic mass is 10.3. The Bertz CT molecular complexity index is 97.9. The standard InChI is InChI=1S/C4H8O.C4H8.H2O2/c1-4(2)3-5-4;1-4(2)3;1-2/h3H2,1-2H3;1H2,2-3H3;1-2H. The fraction of sp³-hybridized carbons (Fsp3) is 0.750. The Morgan fingerprint density at radius 1 is 1.36 bits per heavy atom. The molecule has 2 N–H and O–H groups in total. The molecule has 1 rings (SSSR count). The number of hydrogen-bond donors (Lipinski definition) is 2. The summed E-state index contributed by atoms with van der Waals surface area (Å²) in [7, 11) is 0. The second kappa shape index (κ2) is 6.34. The molecule has 1 aliphatic heterocycles. The average Bonchev–Trinajstić information content (AvgIpc) is 2.50. The van der Waals surface area contributed by atoms with Crippen LogP contribution in [0.1, 0.15) is 27.7 Å². The summed E-state index contributed by atoms with van der Waals surface area (Å²) in [4.78, 5) is 0. The molecule has 0 aromatic heterocycles. The van der Waals surface area contributed by atoms with Crippen molar-refractivity contribution in [2.24, 2.45) is 0 Å². The van der Waals surface area contributed by atoms with Gasteiger partial charge in [-0.05, 0) is 27.7 Å². The number of allylic oxidation sites excluding steroid dienone is 1. The lowest BCUT2D eigenvalue weighted by Crippen LogP contribution is -1.90. The molecular formula is C8H18O3. The van der Waals surface area contributed by atoms with E-state index in [9.17, 15) is 0 Å². The number of ether oxygens (including phenoxy) is 1. The molecule has 0 unspecified atom stereocenters. The van der Waals surface area contributed by atoms with E-state index in [2.05, 4.69) is 20.4 Å². The van der Waals surface area contributed by atoms with E-state index in [1.165, 1.54) is 5.57 Å². The van der Waals surface area contributed by atoms with Crippen molar-refractivity contribution in [3.05, 3.63) is 12.2 Å². The van der Waals surface area contributed by atoms with Gasteiger partial charge in [0.25, 0.3) is 0 Å². The summed E-state index contributed by atoms with van der Waals surface area (Å²) in [6.07, 6.45) is 0. The number of hydrogen-bond acceptors (Lipinski definition) is 3. The molecule has 0 atom stereocenters. The first-order valence-corrected chi connectivity index (χ1v) is 3.40. The minimum absolute atomic E-state index is 0.250. The van der Waals surface area contributed by atoms with Crippen LogP contribution in [0.4, 0.5) is 0 Å². The first kappa shape index (κ1) is 13.2. The zero-order chi connectivity index (χ0) is 9.49. The summed E-state index contributed by atoms with van der Waals surface area (Å²) >= 11 is 0. The van der Waals surface area contributed by atoms with Crippen LogP contribution < -0.4 is 0 Å². The summed E-state index contributed by atoms with van der Waals surface area (Å²) in [5.74, 6) is 0. The van der Waals surface area contributed by atoms with Crippen molar-refractivity contribution in [2.75, 3.05) is 6.61 Å². The minimum Gasteiger partial charge on any atom is -0.370 e. The molecule has 1 aliphatic rings. The summed E-state index contributed by atoms with van der Waals surface area (Å²) in [6, 6.07) is 0. The van der Waals surface area contributed by atoms with Crippen LogP contribution in [0.5, 0.6) is 0 Å². The van der Waals surface area contributed by atoms with Gasteiger partial charge in [-0.1, -0.05) is 5.57 Å². The highest BCUT2D eigenvalue weighted by molar-refractivity contribution is 4.79. The Morgan fingerprint density at radius 2 is 1.45 bits per heavy atom. The Balaban J connectivity index is 0. The minimum atomic E-state index is 0.250. The Labute approximate surface area is 68.2 Å². The fourth-order valence-corrected chi connectivity index (χ4v) is 0.144. The third-order valence-electron chi connectivity index (χ3n) is 0.722. The molecule has 0 saturated carbocycles. The predicted molar refractivity (Wildman–Crippen MR) is 45.8 cm³/mol. The summed E-state index contributed by atoms with van der Waals surface area (Å²) in [5.41, 5.74) is 1.42. The quantitative estimate of drug-likeness (QED) is 0.249. The number of rotatable bonds is 0. The second-order valence-corrected chi connectivity index (χ2v) is 3.26. The summed E-state index contributed by atoms with van der Waals surface area (Å²) < 4.78 is 4.90. The van der Waals surface area contributed by atoms with Crippen molar-refractivity contribution in [1.29, 1.82) is 0 Å². The highest BCUT2D eigenvalue weighted by Crippen LogP contribution is 2.23. The zero-order valence-electron chi connectivity index (χ0n) is 7.72. The first-order valence-electron chi connectivity index (χ1n) is 3.40. The smallest absolute Gasteiger partial charge is 0.0860 e. The third-order valence-corrected chi connectivity index (χ3v) is 0.722. The topological polar surface area (TPSA) is 53.0 Å². The van der Waals surface area contributed by atoms with Crippen LogP contribution in [0.15, 0.2) is 12.2 Å². The Morgan fingerprint density at radius 3 is 1.45 bits per heavy atom. The maximum atomic E-state index is 6.00. The van der Waals surface area contributed by atoms with E-state index < -0.39 is 0 Å². The zero-order valence-corrected chi connectivity index (χ0v) is 7.72. The molecule has 3 nitrogen and oxygen atoms in total. The van der Waals surface area contributed by atoms with Gasteiger partial charge in [-0.15, -0.1) is 6.58 Å². The molecule has 1 fully saturated rings. The molecule has 1 heterocycles. The maximum Gasteiger partial charge on any atom is 0.0860 e. The highest BCUT2D eigenvalue weighted by atomic mass is 17.0. The van der Waals surface area contributed by atoms with Crippen molar-refractivity contribution >= 4 is 0 Å². The van der Waals surface area contributed by atoms with E-state index in [1.54, 1.807) is 0 Å². The van der Waals surface area contributed by atoms with Crippen LogP contribution in [0.25, 0.3) is 0 Å². The molecule has 0 aliphatic carbocycles. The third kappa shape index (κ3) is 26.2. The maximum absolute atomic E-state index is 6.00. The van der Waals surface area contributed by atoms with Crippen LogP contribution in [0.2, 0.25) is 0 Å². The monoisotopic (exact) mass is 162 g/mol. The largest absolute Gasteiger partial charge is 0.370 e. The molecule has 0 radical (unpaired) electrons. The van der Waals surface area contributed by atoms with E-state index in [0.29, 0.717) is 0 Å². The lowest BCUT2D eigenvalue weighted by molar-refractivity contribution is -0.176. The van der Waals surface area contributed by atoms with E-state index in [0.717, 1.165) is 6.61 Å². The van der Waals surface area contributed by atoms with Gasteiger partial charge in [-0.25, -0.2) is 0 Å². The predicted octanol–water partition coefficient (Wildman–Crippen LogP) is 2.40. The van der Waals surface area contributed by atoms with Gasteiger partial charge < -0.3 is 4.74 Å². The van der Waals surface area contributed by atoms with Gasteiger partial charge in [0.15, 0.2) is 0 Å². The van der Waals surface area contributed by atoms with Crippen LogP contribution in [0, 0.1) is 0 Å². The van der Waals surface area contributed by atoms with Gasteiger partial charge in [0.2, 0.25) is 0 Å². The second-order valence-electron chi connectivity index (χ2n) is 3.26. The fourth-order valence-electron chi connectivity index (χ4n) is 0.144. The molecule has 1 saturated heterocycles.